The van der Waals surface area contributed by atoms with E-state index in [0.29, 0.717) is 33.9 Å². The van der Waals surface area contributed by atoms with Gasteiger partial charge in [0.05, 0.1) is 23.5 Å². The summed E-state index contributed by atoms with van der Waals surface area (Å²) in [7, 11) is 1.46. The molecular weight excluding hydrogens is 371 g/mol. The number of phenols is 1. The molecule has 0 saturated heterocycles. The summed E-state index contributed by atoms with van der Waals surface area (Å²) in [5.41, 5.74) is 8.69. The molecule has 0 atom stereocenters. The average Bonchev–Trinajstić information content (AvgIpc) is 3.14. The lowest BCUT2D eigenvalue weighted by molar-refractivity contribution is 0.411. The lowest BCUT2D eigenvalue weighted by Crippen LogP contribution is -2.04. The molecule has 2 aromatic heterocycles. The fourth-order valence-electron chi connectivity index (χ4n) is 2.96. The number of nitrogen functional groups attached to an aromatic ring is 1. The Hall–Kier alpha value is -3.32. The summed E-state index contributed by atoms with van der Waals surface area (Å²) < 4.78 is 21.0. The molecule has 4 rings (SSSR count). The number of imidazole rings is 1. The van der Waals surface area contributed by atoms with Gasteiger partial charge in [-0.2, -0.15) is 0 Å². The zero-order valence-corrected chi connectivity index (χ0v) is 14.9. The molecule has 27 heavy (non-hydrogen) atoms. The van der Waals surface area contributed by atoms with Crippen LogP contribution in [0.3, 0.4) is 0 Å². The molecule has 0 aliphatic heterocycles. The number of methoxy groups -OCH3 is 1. The van der Waals surface area contributed by atoms with E-state index in [1.165, 1.54) is 25.3 Å². The smallest absolute Gasteiger partial charge is 0.180 e. The van der Waals surface area contributed by atoms with Crippen molar-refractivity contribution in [2.75, 3.05) is 12.8 Å². The second-order valence-corrected chi connectivity index (χ2v) is 6.27. The van der Waals surface area contributed by atoms with Crippen LogP contribution in [0.2, 0.25) is 5.02 Å². The van der Waals surface area contributed by atoms with Crippen LogP contribution in [-0.4, -0.2) is 26.6 Å². The van der Waals surface area contributed by atoms with Gasteiger partial charge in [-0.05, 0) is 30.3 Å². The Labute approximate surface area is 158 Å². The second-order valence-electron chi connectivity index (χ2n) is 5.86. The third kappa shape index (κ3) is 2.92. The van der Waals surface area contributed by atoms with Crippen LogP contribution in [0.4, 0.5) is 10.2 Å². The summed E-state index contributed by atoms with van der Waals surface area (Å²) in [6.45, 7) is 0. The standard InChI is InChI=1S/C19H14ClFN4O2/c1-27-13-7-11(6-12(21)9-13)16-17(10-2-3-15(26)14(20)8-10)25-5-4-23-19(25)18(22)24-16/h2-9,26H,1H3,(H2,22,24). The summed E-state index contributed by atoms with van der Waals surface area (Å²) in [6.07, 6.45) is 3.32. The fourth-order valence-corrected chi connectivity index (χ4v) is 3.14. The van der Waals surface area contributed by atoms with Crippen molar-refractivity contribution in [2.45, 2.75) is 0 Å². The summed E-state index contributed by atoms with van der Waals surface area (Å²) in [5.74, 6) is 0.0439. The maximum Gasteiger partial charge on any atom is 0.180 e. The molecule has 0 unspecified atom stereocenters. The molecule has 0 saturated carbocycles. The van der Waals surface area contributed by atoms with Crippen molar-refractivity contribution >= 4 is 23.1 Å². The van der Waals surface area contributed by atoms with Gasteiger partial charge in [0.15, 0.2) is 11.5 Å². The highest BCUT2D eigenvalue weighted by Gasteiger charge is 2.19. The summed E-state index contributed by atoms with van der Waals surface area (Å²) in [5, 5.41) is 9.93. The van der Waals surface area contributed by atoms with Crippen molar-refractivity contribution in [2.24, 2.45) is 0 Å². The second kappa shape index (κ2) is 6.44. The Morgan fingerprint density at radius 2 is 2.00 bits per heavy atom. The van der Waals surface area contributed by atoms with Crippen molar-refractivity contribution in [3.05, 3.63) is 59.6 Å². The number of fused-ring (bicyclic) bond motifs is 1. The van der Waals surface area contributed by atoms with Crippen molar-refractivity contribution in [1.29, 1.82) is 0 Å². The summed E-state index contributed by atoms with van der Waals surface area (Å²) in [4.78, 5) is 8.68. The number of aromatic hydroxyl groups is 1. The van der Waals surface area contributed by atoms with E-state index < -0.39 is 5.82 Å². The lowest BCUT2D eigenvalue weighted by Gasteiger charge is -2.15. The highest BCUT2D eigenvalue weighted by molar-refractivity contribution is 6.32. The first-order valence-corrected chi connectivity index (χ1v) is 8.32. The molecule has 0 aliphatic rings. The normalized spacial score (nSPS) is 11.1. The zero-order valence-electron chi connectivity index (χ0n) is 14.1. The van der Waals surface area contributed by atoms with Gasteiger partial charge in [0.1, 0.15) is 17.3 Å². The largest absolute Gasteiger partial charge is 0.506 e. The van der Waals surface area contributed by atoms with E-state index in [1.54, 1.807) is 35.0 Å². The SMILES string of the molecule is COc1cc(F)cc(-c2nc(N)c3nccn3c2-c2ccc(O)c(Cl)c2)c1. The van der Waals surface area contributed by atoms with Crippen molar-refractivity contribution in [1.82, 2.24) is 14.4 Å². The van der Waals surface area contributed by atoms with Gasteiger partial charge in [-0.3, -0.25) is 4.40 Å². The number of hydrogen-bond acceptors (Lipinski definition) is 5. The molecule has 136 valence electrons. The number of aromatic nitrogens is 3. The number of halogens is 2. The van der Waals surface area contributed by atoms with Crippen molar-refractivity contribution < 1.29 is 14.2 Å². The van der Waals surface area contributed by atoms with Gasteiger partial charge in [-0.15, -0.1) is 0 Å². The molecule has 0 radical (unpaired) electrons. The van der Waals surface area contributed by atoms with Gasteiger partial charge in [0.2, 0.25) is 0 Å². The van der Waals surface area contributed by atoms with Crippen LogP contribution in [0, 0.1) is 5.82 Å². The van der Waals surface area contributed by atoms with Crippen LogP contribution in [0.1, 0.15) is 0 Å². The number of benzene rings is 2. The quantitative estimate of drug-likeness (QED) is 0.554. The molecule has 6 nitrogen and oxygen atoms in total. The molecule has 0 aliphatic carbocycles. The maximum atomic E-state index is 14.1. The zero-order chi connectivity index (χ0) is 19.1. The Bertz CT molecular complexity index is 1180. The highest BCUT2D eigenvalue weighted by atomic mass is 35.5. The van der Waals surface area contributed by atoms with Gasteiger partial charge in [-0.1, -0.05) is 11.6 Å². The highest BCUT2D eigenvalue weighted by Crippen LogP contribution is 2.37. The number of nitrogens with two attached hydrogens (primary N) is 1. The number of nitrogens with zero attached hydrogens (tertiary/aromatic N) is 3. The third-order valence-electron chi connectivity index (χ3n) is 4.17. The molecule has 8 heteroatoms. The minimum Gasteiger partial charge on any atom is -0.506 e. The van der Waals surface area contributed by atoms with Crippen molar-refractivity contribution in [3.63, 3.8) is 0 Å². The minimum atomic E-state index is -0.467. The van der Waals surface area contributed by atoms with Gasteiger partial charge in [0.25, 0.3) is 0 Å². The predicted octanol–water partition coefficient (Wildman–Crippen LogP) is 4.15. The van der Waals surface area contributed by atoms with E-state index in [4.69, 9.17) is 22.1 Å². The van der Waals surface area contributed by atoms with Crippen LogP contribution < -0.4 is 10.5 Å². The van der Waals surface area contributed by atoms with Crippen LogP contribution in [-0.2, 0) is 0 Å². The van der Waals surface area contributed by atoms with Gasteiger partial charge < -0.3 is 15.6 Å². The van der Waals surface area contributed by atoms with E-state index in [9.17, 15) is 9.50 Å². The molecule has 0 bridgehead atoms. The van der Waals surface area contributed by atoms with Gasteiger partial charge in [-0.25, -0.2) is 14.4 Å². The molecule has 0 fully saturated rings. The average molecular weight is 385 g/mol. The topological polar surface area (TPSA) is 85.7 Å². The van der Waals surface area contributed by atoms with E-state index in [1.807, 2.05) is 0 Å². The first-order valence-electron chi connectivity index (χ1n) is 7.94. The van der Waals surface area contributed by atoms with Gasteiger partial charge in [0, 0.05) is 29.6 Å². The molecule has 4 aromatic rings. The summed E-state index contributed by atoms with van der Waals surface area (Å²) >= 11 is 6.09. The van der Waals surface area contributed by atoms with E-state index in [-0.39, 0.29) is 16.6 Å². The Morgan fingerprint density at radius 1 is 1.19 bits per heavy atom. The number of hydrogen-bond donors (Lipinski definition) is 2. The molecule has 2 heterocycles. The maximum absolute atomic E-state index is 14.1. The molecule has 0 spiro atoms. The fraction of sp³-hybridized carbons (Fsp3) is 0.0526. The van der Waals surface area contributed by atoms with Crippen LogP contribution >= 0.6 is 11.6 Å². The van der Waals surface area contributed by atoms with E-state index in [0.717, 1.165) is 0 Å². The van der Waals surface area contributed by atoms with Gasteiger partial charge >= 0.3 is 0 Å². The third-order valence-corrected chi connectivity index (χ3v) is 4.47. The number of ether oxygens (including phenoxy) is 1. The summed E-state index contributed by atoms with van der Waals surface area (Å²) in [6, 6.07) is 9.06. The lowest BCUT2D eigenvalue weighted by atomic mass is 10.0. The predicted molar refractivity (Wildman–Crippen MR) is 101 cm³/mol. The number of phenolic OH excluding ortho intramolecular Hbond substituents is 1. The molecule has 0 amide bonds. The minimum absolute atomic E-state index is 0.0420. The molecule has 2 aromatic carbocycles. The van der Waals surface area contributed by atoms with E-state index >= 15 is 0 Å². The molecule has 3 N–H and O–H groups in total. The van der Waals surface area contributed by atoms with Crippen LogP contribution in [0.5, 0.6) is 11.5 Å². The number of rotatable bonds is 3. The number of anilines is 1. The Morgan fingerprint density at radius 3 is 2.74 bits per heavy atom. The Balaban J connectivity index is 2.08. The Kier molecular flexibility index (Phi) is 4.08. The monoisotopic (exact) mass is 384 g/mol. The van der Waals surface area contributed by atoms with E-state index in [2.05, 4.69) is 9.97 Å². The van der Waals surface area contributed by atoms with Crippen LogP contribution in [0.15, 0.2) is 48.8 Å². The molecular formula is C19H14ClFN4O2. The van der Waals surface area contributed by atoms with Crippen molar-refractivity contribution in [3.8, 4) is 34.0 Å². The first kappa shape index (κ1) is 17.1. The van der Waals surface area contributed by atoms with Crippen LogP contribution in [0.25, 0.3) is 28.2 Å². The first-order chi connectivity index (χ1) is 13.0.